The molecule has 1 aromatic heterocycles. The van der Waals surface area contributed by atoms with Gasteiger partial charge < -0.3 is 0 Å². The lowest BCUT2D eigenvalue weighted by Crippen LogP contribution is -2.37. The topological polar surface area (TPSA) is 61.2 Å². The van der Waals surface area contributed by atoms with Gasteiger partial charge in [-0.1, -0.05) is 6.92 Å². The van der Waals surface area contributed by atoms with Crippen LogP contribution in [0.4, 0.5) is 0 Å². The second-order valence-corrected chi connectivity index (χ2v) is 7.71. The first-order valence-corrected chi connectivity index (χ1v) is 8.32. The molecule has 0 spiro atoms. The van der Waals surface area contributed by atoms with E-state index in [-0.39, 0.29) is 5.92 Å². The van der Waals surface area contributed by atoms with Crippen molar-refractivity contribution in [3.05, 3.63) is 17.0 Å². The number of piperidine rings is 1. The first-order chi connectivity index (χ1) is 8.57. The van der Waals surface area contributed by atoms with E-state index in [1.54, 1.807) is 6.07 Å². The Balaban J connectivity index is 2.15. The molecular formula is C12H16N2O2S2. The zero-order chi connectivity index (χ0) is 13.2. The lowest BCUT2D eigenvalue weighted by molar-refractivity contribution is 0.310. The predicted octanol–water partition coefficient (Wildman–Crippen LogP) is 2.23. The molecule has 0 aliphatic carbocycles. The number of hydrogen-bond donors (Lipinski definition) is 0. The number of sulfonamides is 1. The highest BCUT2D eigenvalue weighted by molar-refractivity contribution is 7.91. The summed E-state index contributed by atoms with van der Waals surface area (Å²) in [5.74, 6) is 0.00554. The number of rotatable bonds is 3. The summed E-state index contributed by atoms with van der Waals surface area (Å²) >= 11 is 1.35. The van der Waals surface area contributed by atoms with Crippen LogP contribution in [0.25, 0.3) is 0 Å². The average Bonchev–Trinajstić information content (AvgIpc) is 2.88. The van der Waals surface area contributed by atoms with E-state index in [1.807, 2.05) is 13.0 Å². The number of thiophene rings is 1. The molecule has 0 saturated carbocycles. The van der Waals surface area contributed by atoms with Gasteiger partial charge in [0.15, 0.2) is 0 Å². The van der Waals surface area contributed by atoms with Crippen LogP contribution < -0.4 is 0 Å². The normalized spacial score (nSPS) is 18.7. The van der Waals surface area contributed by atoms with Crippen molar-refractivity contribution in [2.24, 2.45) is 5.92 Å². The smallest absolute Gasteiger partial charge is 0.206 e. The molecule has 98 valence electrons. The summed E-state index contributed by atoms with van der Waals surface area (Å²) in [6, 6.07) is 5.77. The molecule has 0 N–H and O–H groups in total. The van der Waals surface area contributed by atoms with Crippen molar-refractivity contribution in [2.75, 3.05) is 13.1 Å². The summed E-state index contributed by atoms with van der Waals surface area (Å²) in [6.45, 7) is 2.93. The molecule has 0 bridgehead atoms. The van der Waals surface area contributed by atoms with E-state index >= 15 is 0 Å². The lowest BCUT2D eigenvalue weighted by Gasteiger charge is -2.27. The van der Waals surface area contributed by atoms with E-state index in [0.29, 0.717) is 30.1 Å². The maximum atomic E-state index is 12.4. The van der Waals surface area contributed by atoms with Crippen molar-refractivity contribution >= 4 is 21.4 Å². The van der Waals surface area contributed by atoms with E-state index < -0.39 is 10.0 Å². The van der Waals surface area contributed by atoms with Gasteiger partial charge in [0, 0.05) is 23.9 Å². The fraction of sp³-hybridized carbons (Fsp3) is 0.583. The van der Waals surface area contributed by atoms with Crippen molar-refractivity contribution in [1.82, 2.24) is 4.31 Å². The van der Waals surface area contributed by atoms with Crippen LogP contribution in [0.2, 0.25) is 0 Å². The molecule has 1 aliphatic heterocycles. The highest BCUT2D eigenvalue weighted by atomic mass is 32.2. The van der Waals surface area contributed by atoms with E-state index in [2.05, 4.69) is 6.07 Å². The van der Waals surface area contributed by atoms with Crippen LogP contribution in [-0.4, -0.2) is 25.8 Å². The van der Waals surface area contributed by atoms with Crippen LogP contribution in [0, 0.1) is 17.2 Å². The summed E-state index contributed by atoms with van der Waals surface area (Å²) in [5, 5.41) is 8.82. The van der Waals surface area contributed by atoms with Gasteiger partial charge in [-0.3, -0.25) is 0 Å². The fourth-order valence-corrected chi connectivity index (χ4v) is 4.96. The van der Waals surface area contributed by atoms with Crippen LogP contribution in [-0.2, 0) is 16.4 Å². The molecule has 0 amide bonds. The number of nitrogens with zero attached hydrogens (tertiary/aromatic N) is 2. The van der Waals surface area contributed by atoms with Gasteiger partial charge >= 0.3 is 0 Å². The van der Waals surface area contributed by atoms with Gasteiger partial charge in [0.05, 0.1) is 6.07 Å². The molecule has 6 heteroatoms. The van der Waals surface area contributed by atoms with Crippen molar-refractivity contribution in [1.29, 1.82) is 5.26 Å². The first-order valence-electron chi connectivity index (χ1n) is 6.06. The third-order valence-electron chi connectivity index (χ3n) is 3.22. The maximum absolute atomic E-state index is 12.4. The van der Waals surface area contributed by atoms with Crippen LogP contribution in [0.15, 0.2) is 16.3 Å². The van der Waals surface area contributed by atoms with Gasteiger partial charge in [-0.05, 0) is 31.4 Å². The Morgan fingerprint density at radius 3 is 2.61 bits per heavy atom. The van der Waals surface area contributed by atoms with Crippen LogP contribution in [0.3, 0.4) is 0 Å². The highest BCUT2D eigenvalue weighted by Gasteiger charge is 2.30. The molecule has 2 rings (SSSR count). The molecule has 2 heterocycles. The molecule has 0 unspecified atom stereocenters. The second kappa shape index (κ2) is 5.39. The van der Waals surface area contributed by atoms with Crippen molar-refractivity contribution in [2.45, 2.75) is 30.4 Å². The molecular weight excluding hydrogens is 268 g/mol. The zero-order valence-corrected chi connectivity index (χ0v) is 11.9. The molecule has 4 nitrogen and oxygen atoms in total. The van der Waals surface area contributed by atoms with Crippen molar-refractivity contribution in [3.63, 3.8) is 0 Å². The monoisotopic (exact) mass is 284 g/mol. The lowest BCUT2D eigenvalue weighted by atomic mass is 10.0. The second-order valence-electron chi connectivity index (χ2n) is 4.38. The fourth-order valence-electron chi connectivity index (χ4n) is 2.04. The standard InChI is InChI=1S/C12H16N2O2S2/c1-2-11-3-4-12(17-11)18(15,16)14-7-5-10(9-13)6-8-14/h3-4,10H,2,5-8H2,1H3. The molecule has 1 aliphatic rings. The third kappa shape index (κ3) is 2.58. The minimum Gasteiger partial charge on any atom is -0.206 e. The number of nitriles is 1. The van der Waals surface area contributed by atoms with Gasteiger partial charge in [-0.15, -0.1) is 11.3 Å². The van der Waals surface area contributed by atoms with Gasteiger partial charge in [0.2, 0.25) is 0 Å². The SMILES string of the molecule is CCc1ccc(S(=O)(=O)N2CCC(C#N)CC2)s1. The quantitative estimate of drug-likeness (QED) is 0.855. The Labute approximate surface area is 112 Å². The van der Waals surface area contributed by atoms with E-state index in [4.69, 9.17) is 5.26 Å². The average molecular weight is 284 g/mol. The Hall–Kier alpha value is -0.900. The predicted molar refractivity (Wildman–Crippen MR) is 70.8 cm³/mol. The number of hydrogen-bond acceptors (Lipinski definition) is 4. The Bertz CT molecular complexity index is 549. The van der Waals surface area contributed by atoms with Crippen molar-refractivity contribution in [3.8, 4) is 6.07 Å². The minimum atomic E-state index is -3.34. The molecule has 1 aromatic rings. The van der Waals surface area contributed by atoms with Crippen LogP contribution in [0.5, 0.6) is 0 Å². The Morgan fingerprint density at radius 1 is 1.44 bits per heavy atom. The number of aryl methyl sites for hydroxylation is 1. The van der Waals surface area contributed by atoms with E-state index in [1.165, 1.54) is 15.6 Å². The molecule has 0 radical (unpaired) electrons. The summed E-state index contributed by atoms with van der Waals surface area (Å²) in [4.78, 5) is 1.08. The van der Waals surface area contributed by atoms with Gasteiger partial charge in [-0.25, -0.2) is 8.42 Å². The highest BCUT2D eigenvalue weighted by Crippen LogP contribution is 2.28. The van der Waals surface area contributed by atoms with E-state index in [9.17, 15) is 8.42 Å². The van der Waals surface area contributed by atoms with Crippen molar-refractivity contribution < 1.29 is 8.42 Å². The molecule has 1 fully saturated rings. The Morgan fingerprint density at radius 2 is 2.11 bits per heavy atom. The molecule has 18 heavy (non-hydrogen) atoms. The van der Waals surface area contributed by atoms with Crippen LogP contribution in [0.1, 0.15) is 24.6 Å². The summed E-state index contributed by atoms with van der Waals surface area (Å²) in [7, 11) is -3.34. The van der Waals surface area contributed by atoms with Gasteiger partial charge in [-0.2, -0.15) is 9.57 Å². The molecule has 0 aromatic carbocycles. The molecule has 1 saturated heterocycles. The zero-order valence-electron chi connectivity index (χ0n) is 10.3. The summed E-state index contributed by atoms with van der Waals surface area (Å²) in [6.07, 6.45) is 2.14. The molecule has 0 atom stereocenters. The maximum Gasteiger partial charge on any atom is 0.252 e. The minimum absolute atomic E-state index is 0.00554. The van der Waals surface area contributed by atoms with E-state index in [0.717, 1.165) is 11.3 Å². The van der Waals surface area contributed by atoms with Crippen LogP contribution >= 0.6 is 11.3 Å². The largest absolute Gasteiger partial charge is 0.252 e. The first kappa shape index (κ1) is 13.5. The summed E-state index contributed by atoms with van der Waals surface area (Å²) in [5.41, 5.74) is 0. The van der Waals surface area contributed by atoms with Gasteiger partial charge in [0.1, 0.15) is 4.21 Å². The summed E-state index contributed by atoms with van der Waals surface area (Å²) < 4.78 is 26.7. The Kier molecular flexibility index (Phi) is 4.05. The van der Waals surface area contributed by atoms with Gasteiger partial charge in [0.25, 0.3) is 10.0 Å². The third-order valence-corrected chi connectivity index (χ3v) is 6.81.